The van der Waals surface area contributed by atoms with Crippen molar-refractivity contribution in [3.8, 4) is 11.5 Å². The number of benzene rings is 2. The van der Waals surface area contributed by atoms with Gasteiger partial charge in [-0.1, -0.05) is 6.07 Å². The number of carbonyl (C=O) groups excluding carboxylic acids is 1. The maximum Gasteiger partial charge on any atom is 0.461 e. The van der Waals surface area contributed by atoms with E-state index in [9.17, 15) is 27.5 Å². The summed E-state index contributed by atoms with van der Waals surface area (Å²) in [5.41, 5.74) is 3.28. The Morgan fingerprint density at radius 1 is 1.31 bits per heavy atom. The molecule has 3 N–H and O–H groups in total. The molecular formula is C22H20F4N2O4. The van der Waals surface area contributed by atoms with Crippen LogP contribution in [0.5, 0.6) is 11.5 Å². The molecule has 0 saturated heterocycles. The first kappa shape index (κ1) is 21.9. The van der Waals surface area contributed by atoms with Crippen molar-refractivity contribution < 1.29 is 36.9 Å². The molecule has 10 heteroatoms. The highest BCUT2D eigenvalue weighted by Crippen LogP contribution is 2.38. The number of hydrogen-bond donors (Lipinski definition) is 3. The molecule has 32 heavy (non-hydrogen) atoms. The number of halogens is 4. The molecule has 0 saturated carbocycles. The Labute approximate surface area is 180 Å². The number of anilines is 2. The molecule has 0 aliphatic carbocycles. The van der Waals surface area contributed by atoms with E-state index in [-0.39, 0.29) is 12.4 Å². The first-order chi connectivity index (χ1) is 15.2. The summed E-state index contributed by atoms with van der Waals surface area (Å²) in [6.45, 7) is 0.609. The summed E-state index contributed by atoms with van der Waals surface area (Å²) in [5, 5.41) is 15.8. The van der Waals surface area contributed by atoms with Crippen molar-refractivity contribution in [1.82, 2.24) is 0 Å². The molecule has 2 heterocycles. The largest absolute Gasteiger partial charge is 0.492 e. The maximum atomic E-state index is 13.2. The quantitative estimate of drug-likeness (QED) is 0.471. The maximum absolute atomic E-state index is 13.2. The van der Waals surface area contributed by atoms with Crippen molar-refractivity contribution in [3.05, 3.63) is 53.6 Å². The molecule has 2 aromatic rings. The van der Waals surface area contributed by atoms with Gasteiger partial charge in [0.25, 0.3) is 0 Å². The number of aliphatic hydroxyl groups excluding tert-OH is 1. The predicted octanol–water partition coefficient (Wildman–Crippen LogP) is 4.06. The van der Waals surface area contributed by atoms with Gasteiger partial charge in [0.15, 0.2) is 0 Å². The van der Waals surface area contributed by atoms with Crippen molar-refractivity contribution in [2.75, 3.05) is 23.8 Å². The number of rotatable bonds is 5. The lowest BCUT2D eigenvalue weighted by Gasteiger charge is -2.25. The summed E-state index contributed by atoms with van der Waals surface area (Å²) < 4.78 is 60.6. The monoisotopic (exact) mass is 452 g/mol. The van der Waals surface area contributed by atoms with E-state index in [1.165, 1.54) is 12.1 Å². The number of β-amino-alcohol motifs (C(OH)–C–C–N with tert-alkyl or cyclic N) is 1. The highest BCUT2D eigenvalue weighted by molar-refractivity contribution is 6.05. The molecule has 0 fully saturated rings. The van der Waals surface area contributed by atoms with Crippen molar-refractivity contribution in [3.63, 3.8) is 0 Å². The number of nitrogens with one attached hydrogen (secondary N) is 2. The average Bonchev–Trinajstić information content (AvgIpc) is 2.74. The van der Waals surface area contributed by atoms with Gasteiger partial charge in [0.05, 0.1) is 12.7 Å². The van der Waals surface area contributed by atoms with E-state index in [2.05, 4.69) is 15.4 Å². The molecule has 0 bridgehead atoms. The minimum Gasteiger partial charge on any atom is -0.492 e. The van der Waals surface area contributed by atoms with Crippen LogP contribution >= 0.6 is 0 Å². The third-order valence-corrected chi connectivity index (χ3v) is 5.14. The smallest absolute Gasteiger partial charge is 0.461 e. The number of ether oxygens (including phenoxy) is 2. The lowest BCUT2D eigenvalue weighted by molar-refractivity contribution is -0.253. The molecule has 1 amide bonds. The van der Waals surface area contributed by atoms with E-state index in [1.807, 2.05) is 6.07 Å². The van der Waals surface area contributed by atoms with Crippen molar-refractivity contribution in [2.24, 2.45) is 0 Å². The minimum atomic E-state index is -4.63. The van der Waals surface area contributed by atoms with Gasteiger partial charge in [-0.15, -0.1) is 0 Å². The molecule has 1 atom stereocenters. The molecule has 4 rings (SSSR count). The predicted molar refractivity (Wildman–Crippen MR) is 109 cm³/mol. The van der Waals surface area contributed by atoms with E-state index in [0.29, 0.717) is 36.2 Å². The number of aliphatic hydroxyl groups is 1. The Bertz CT molecular complexity index is 1060. The Hall–Kier alpha value is -3.27. The second kappa shape index (κ2) is 8.70. The highest BCUT2D eigenvalue weighted by Gasteiger charge is 2.44. The van der Waals surface area contributed by atoms with Gasteiger partial charge in [0, 0.05) is 54.0 Å². The number of carbonyl (C=O) groups is 1. The van der Waals surface area contributed by atoms with E-state index >= 15 is 0 Å². The number of alkyl halides is 4. The van der Waals surface area contributed by atoms with Gasteiger partial charge in [0.1, 0.15) is 11.5 Å². The summed E-state index contributed by atoms with van der Waals surface area (Å²) >= 11 is 0. The zero-order valence-electron chi connectivity index (χ0n) is 16.7. The van der Waals surface area contributed by atoms with Gasteiger partial charge < -0.3 is 25.2 Å². The van der Waals surface area contributed by atoms with Crippen LogP contribution < -0.4 is 20.1 Å². The SMILES string of the molecule is O=C(C=C1CCOc2cc(OC(F)(F)C(F)F)ccc21)Nc1cccc2c1CC(O)CN2. The third kappa shape index (κ3) is 4.64. The molecule has 2 aliphatic rings. The zero-order chi connectivity index (χ0) is 22.9. The first-order valence-electron chi connectivity index (χ1n) is 9.90. The molecule has 0 spiro atoms. The van der Waals surface area contributed by atoms with Crippen LogP contribution in [0.2, 0.25) is 0 Å². The van der Waals surface area contributed by atoms with Crippen molar-refractivity contribution in [1.29, 1.82) is 0 Å². The number of amides is 1. The summed E-state index contributed by atoms with van der Waals surface area (Å²) in [4.78, 5) is 12.7. The van der Waals surface area contributed by atoms with E-state index in [1.54, 1.807) is 12.1 Å². The standard InChI is InChI=1S/C22H20F4N2O4/c23-21(24)22(25,26)32-14-4-5-15-12(6-7-31-19(15)10-14)8-20(30)28-18-3-1-2-17-16(18)9-13(29)11-27-17/h1-5,8,10,13,21,27,29H,6-7,9,11H2,(H,28,30). The molecule has 0 radical (unpaired) electrons. The van der Waals surface area contributed by atoms with Crippen LogP contribution in [-0.2, 0) is 11.2 Å². The van der Waals surface area contributed by atoms with Crippen LogP contribution in [0.15, 0.2) is 42.5 Å². The van der Waals surface area contributed by atoms with E-state index in [4.69, 9.17) is 4.74 Å². The Morgan fingerprint density at radius 2 is 2.12 bits per heavy atom. The Kier molecular flexibility index (Phi) is 5.96. The second-order valence-corrected chi connectivity index (χ2v) is 7.45. The van der Waals surface area contributed by atoms with Gasteiger partial charge in [-0.3, -0.25) is 4.79 Å². The fourth-order valence-corrected chi connectivity index (χ4v) is 3.66. The van der Waals surface area contributed by atoms with Crippen molar-refractivity contribution >= 4 is 22.9 Å². The van der Waals surface area contributed by atoms with Crippen LogP contribution in [-0.4, -0.2) is 42.8 Å². The molecule has 170 valence electrons. The van der Waals surface area contributed by atoms with Gasteiger partial charge in [-0.2, -0.15) is 17.6 Å². The van der Waals surface area contributed by atoms with E-state index < -0.39 is 30.3 Å². The molecule has 1 unspecified atom stereocenters. The Morgan fingerprint density at radius 3 is 2.91 bits per heavy atom. The minimum absolute atomic E-state index is 0.155. The summed E-state index contributed by atoms with van der Waals surface area (Å²) in [6.07, 6.45) is -6.99. The summed E-state index contributed by atoms with van der Waals surface area (Å²) in [6, 6.07) is 8.98. The van der Waals surface area contributed by atoms with E-state index in [0.717, 1.165) is 23.4 Å². The van der Waals surface area contributed by atoms with Gasteiger partial charge in [-0.25, -0.2) is 0 Å². The summed E-state index contributed by atoms with van der Waals surface area (Å²) in [7, 11) is 0. The molecule has 2 aromatic carbocycles. The van der Waals surface area contributed by atoms with Gasteiger partial charge >= 0.3 is 12.5 Å². The molecular weight excluding hydrogens is 432 g/mol. The topological polar surface area (TPSA) is 79.8 Å². The van der Waals surface area contributed by atoms with Crippen LogP contribution in [0.25, 0.3) is 5.57 Å². The van der Waals surface area contributed by atoms with Crippen LogP contribution in [0.4, 0.5) is 28.9 Å². The van der Waals surface area contributed by atoms with Crippen LogP contribution in [0.3, 0.4) is 0 Å². The number of hydrogen-bond acceptors (Lipinski definition) is 5. The second-order valence-electron chi connectivity index (χ2n) is 7.45. The molecule has 6 nitrogen and oxygen atoms in total. The normalized spacial score (nSPS) is 18.9. The Balaban J connectivity index is 1.53. The lowest BCUT2D eigenvalue weighted by atomic mass is 9.98. The van der Waals surface area contributed by atoms with Gasteiger partial charge in [-0.05, 0) is 29.8 Å². The fraction of sp³-hybridized carbons (Fsp3) is 0.318. The summed E-state index contributed by atoms with van der Waals surface area (Å²) in [5.74, 6) is -0.727. The lowest BCUT2D eigenvalue weighted by Crippen LogP contribution is -2.33. The molecule has 0 aromatic heterocycles. The first-order valence-corrected chi connectivity index (χ1v) is 9.90. The molecule has 2 aliphatic heterocycles. The highest BCUT2D eigenvalue weighted by atomic mass is 19.3. The average molecular weight is 452 g/mol. The van der Waals surface area contributed by atoms with Crippen LogP contribution in [0.1, 0.15) is 17.5 Å². The number of fused-ring (bicyclic) bond motifs is 2. The fourth-order valence-electron chi connectivity index (χ4n) is 3.66. The van der Waals surface area contributed by atoms with Gasteiger partial charge in [0.2, 0.25) is 5.91 Å². The zero-order valence-corrected chi connectivity index (χ0v) is 16.7. The third-order valence-electron chi connectivity index (χ3n) is 5.14. The van der Waals surface area contributed by atoms with Crippen molar-refractivity contribution in [2.45, 2.75) is 31.5 Å². The van der Waals surface area contributed by atoms with Crippen LogP contribution in [0, 0.1) is 0 Å².